The predicted octanol–water partition coefficient (Wildman–Crippen LogP) is 3.50. The maximum absolute atomic E-state index is 14.6. The monoisotopic (exact) mass is 538 g/mol. The molecular formula is C27H28F2N6O2S. The molecule has 1 aliphatic carbocycles. The Kier molecular flexibility index (Phi) is 7.79. The standard InChI is InChI=1S/C27H28F2N6O2S/c28-19-5-8-21(22(16-19)27(36)32-11-9-30)25-23(17-35(33-25)26-24(29)2-1-10-31-26)18-3-6-20(7-4-18)34-12-14-38(37)15-13-34/h1-4,6-7,10,17,19,21-22H,5,8,11-16H2,(H,32,36)/t19-,21+,22?/m0/s1. The van der Waals surface area contributed by atoms with E-state index in [2.05, 4.69) is 15.2 Å². The lowest BCUT2D eigenvalue weighted by Gasteiger charge is -2.32. The molecule has 2 aromatic heterocycles. The third-order valence-electron chi connectivity index (χ3n) is 7.24. The summed E-state index contributed by atoms with van der Waals surface area (Å²) in [7, 11) is -0.771. The minimum Gasteiger partial charge on any atom is -0.370 e. The van der Waals surface area contributed by atoms with Crippen molar-refractivity contribution < 1.29 is 17.8 Å². The van der Waals surface area contributed by atoms with Crippen molar-refractivity contribution >= 4 is 22.4 Å². The van der Waals surface area contributed by atoms with E-state index in [1.165, 1.54) is 23.0 Å². The van der Waals surface area contributed by atoms with Crippen LogP contribution in [0.15, 0.2) is 48.8 Å². The molecule has 1 saturated carbocycles. The first kappa shape index (κ1) is 26.0. The average Bonchev–Trinajstić information content (AvgIpc) is 3.37. The van der Waals surface area contributed by atoms with E-state index in [4.69, 9.17) is 10.4 Å². The Labute approximate surface area is 222 Å². The number of nitrogens with zero attached hydrogens (tertiary/aromatic N) is 5. The van der Waals surface area contributed by atoms with Crippen LogP contribution in [0.3, 0.4) is 0 Å². The van der Waals surface area contributed by atoms with Crippen LogP contribution < -0.4 is 10.2 Å². The number of alkyl halides is 1. The highest BCUT2D eigenvalue weighted by Gasteiger charge is 2.39. The van der Waals surface area contributed by atoms with E-state index in [0.29, 0.717) is 29.2 Å². The lowest BCUT2D eigenvalue weighted by Crippen LogP contribution is -2.38. The summed E-state index contributed by atoms with van der Waals surface area (Å²) < 4.78 is 42.2. The van der Waals surface area contributed by atoms with Gasteiger partial charge in [0.05, 0.1) is 11.8 Å². The van der Waals surface area contributed by atoms with E-state index in [1.807, 2.05) is 30.3 Å². The second kappa shape index (κ2) is 11.4. The van der Waals surface area contributed by atoms with E-state index < -0.39 is 34.6 Å². The van der Waals surface area contributed by atoms with Crippen molar-refractivity contribution in [3.8, 4) is 23.0 Å². The summed E-state index contributed by atoms with van der Waals surface area (Å²) in [5, 5.41) is 16.2. The number of nitrogens with one attached hydrogen (secondary N) is 1. The molecule has 2 fully saturated rings. The normalized spacial score (nSPS) is 22.1. The van der Waals surface area contributed by atoms with Gasteiger partial charge in [-0.3, -0.25) is 9.00 Å². The maximum Gasteiger partial charge on any atom is 0.224 e. The van der Waals surface area contributed by atoms with Gasteiger partial charge in [0.2, 0.25) is 5.91 Å². The van der Waals surface area contributed by atoms with Crippen molar-refractivity contribution in [1.82, 2.24) is 20.1 Å². The molecule has 1 aromatic carbocycles. The van der Waals surface area contributed by atoms with Crippen LogP contribution in [0, 0.1) is 23.1 Å². The molecule has 3 aromatic rings. The number of anilines is 1. The molecule has 1 N–H and O–H groups in total. The van der Waals surface area contributed by atoms with Gasteiger partial charge in [0.25, 0.3) is 0 Å². The van der Waals surface area contributed by atoms with Gasteiger partial charge in [-0.15, -0.1) is 0 Å². The van der Waals surface area contributed by atoms with Crippen LogP contribution in [-0.4, -0.2) is 62.2 Å². The van der Waals surface area contributed by atoms with Crippen molar-refractivity contribution in [2.24, 2.45) is 5.92 Å². The third kappa shape index (κ3) is 5.45. The number of pyridine rings is 1. The summed E-state index contributed by atoms with van der Waals surface area (Å²) in [6, 6.07) is 12.6. The average molecular weight is 539 g/mol. The largest absolute Gasteiger partial charge is 0.370 e. The molecule has 11 heteroatoms. The zero-order valence-corrected chi connectivity index (χ0v) is 21.5. The number of rotatable bonds is 6. The molecule has 38 heavy (non-hydrogen) atoms. The topological polar surface area (TPSA) is 104 Å². The summed E-state index contributed by atoms with van der Waals surface area (Å²) >= 11 is 0. The van der Waals surface area contributed by atoms with Gasteiger partial charge in [-0.1, -0.05) is 12.1 Å². The highest BCUT2D eigenvalue weighted by Crippen LogP contribution is 2.42. The lowest BCUT2D eigenvalue weighted by molar-refractivity contribution is -0.127. The summed E-state index contributed by atoms with van der Waals surface area (Å²) in [5.74, 6) is -0.746. The van der Waals surface area contributed by atoms with Crippen molar-refractivity contribution in [2.45, 2.75) is 31.4 Å². The minimum absolute atomic E-state index is 0.0292. The highest BCUT2D eigenvalue weighted by atomic mass is 32.2. The summed E-state index contributed by atoms with van der Waals surface area (Å²) in [6.45, 7) is 1.28. The van der Waals surface area contributed by atoms with Gasteiger partial charge in [0, 0.05) is 70.9 Å². The van der Waals surface area contributed by atoms with Crippen molar-refractivity contribution in [3.05, 3.63) is 60.3 Å². The quantitative estimate of drug-likeness (QED) is 0.482. The van der Waals surface area contributed by atoms with Crippen molar-refractivity contribution in [3.63, 3.8) is 0 Å². The molecule has 198 valence electrons. The Hall–Kier alpha value is -3.65. The van der Waals surface area contributed by atoms with Crippen LogP contribution in [0.4, 0.5) is 14.5 Å². The number of benzene rings is 1. The van der Waals surface area contributed by atoms with Crippen LogP contribution in [0.2, 0.25) is 0 Å². The maximum atomic E-state index is 14.6. The van der Waals surface area contributed by atoms with E-state index >= 15 is 0 Å². The summed E-state index contributed by atoms with van der Waals surface area (Å²) in [4.78, 5) is 19.3. The number of hydrogen-bond donors (Lipinski definition) is 1. The first-order valence-corrected chi connectivity index (χ1v) is 14.1. The Morgan fingerprint density at radius 1 is 1.18 bits per heavy atom. The van der Waals surface area contributed by atoms with Crippen LogP contribution in [0.25, 0.3) is 16.9 Å². The molecule has 0 spiro atoms. The molecule has 5 rings (SSSR count). The second-order valence-electron chi connectivity index (χ2n) is 9.56. The van der Waals surface area contributed by atoms with Crippen LogP contribution in [0.1, 0.15) is 30.9 Å². The minimum atomic E-state index is -1.12. The van der Waals surface area contributed by atoms with Gasteiger partial charge in [-0.25, -0.2) is 18.4 Å². The first-order chi connectivity index (χ1) is 18.4. The first-order valence-electron chi connectivity index (χ1n) is 12.6. The van der Waals surface area contributed by atoms with Crippen LogP contribution in [0.5, 0.6) is 0 Å². The van der Waals surface area contributed by atoms with Gasteiger partial charge < -0.3 is 10.2 Å². The molecule has 3 heterocycles. The van der Waals surface area contributed by atoms with Gasteiger partial charge >= 0.3 is 0 Å². The molecule has 1 unspecified atom stereocenters. The number of nitriles is 1. The van der Waals surface area contributed by atoms with E-state index in [-0.39, 0.29) is 31.1 Å². The fourth-order valence-electron chi connectivity index (χ4n) is 5.28. The predicted molar refractivity (Wildman–Crippen MR) is 140 cm³/mol. The Morgan fingerprint density at radius 3 is 2.66 bits per heavy atom. The Balaban J connectivity index is 1.54. The molecule has 1 saturated heterocycles. The third-order valence-corrected chi connectivity index (χ3v) is 8.51. The second-order valence-corrected chi connectivity index (χ2v) is 11.3. The molecule has 8 nitrogen and oxygen atoms in total. The van der Waals surface area contributed by atoms with Crippen molar-refractivity contribution in [2.75, 3.05) is 36.0 Å². The smallest absolute Gasteiger partial charge is 0.224 e. The Bertz CT molecular complexity index is 1360. The molecular weight excluding hydrogens is 510 g/mol. The van der Waals surface area contributed by atoms with Crippen molar-refractivity contribution in [1.29, 1.82) is 5.26 Å². The van der Waals surface area contributed by atoms with Gasteiger partial charge in [0.15, 0.2) is 11.6 Å². The SMILES string of the molecule is N#CCNC(=O)C1C[C@@H](F)CC[C@H]1c1nn(-c2ncccc2F)cc1-c1ccc(N2CCS(=O)CC2)cc1. The number of carbonyl (C=O) groups is 1. The zero-order chi connectivity index (χ0) is 26.6. The number of amides is 1. The highest BCUT2D eigenvalue weighted by molar-refractivity contribution is 7.85. The summed E-state index contributed by atoms with van der Waals surface area (Å²) in [6.07, 6.45) is 2.76. The van der Waals surface area contributed by atoms with E-state index in [1.54, 1.807) is 6.20 Å². The number of halogens is 2. The van der Waals surface area contributed by atoms with Gasteiger partial charge in [-0.05, 0) is 49.1 Å². The number of hydrogen-bond acceptors (Lipinski definition) is 6. The van der Waals surface area contributed by atoms with Crippen LogP contribution in [-0.2, 0) is 15.6 Å². The van der Waals surface area contributed by atoms with Crippen LogP contribution >= 0.6 is 0 Å². The van der Waals surface area contributed by atoms with Gasteiger partial charge in [-0.2, -0.15) is 10.4 Å². The zero-order valence-electron chi connectivity index (χ0n) is 20.7. The molecule has 1 amide bonds. The molecule has 1 aliphatic heterocycles. The fraction of sp³-hybridized carbons (Fsp3) is 0.407. The Morgan fingerprint density at radius 2 is 1.95 bits per heavy atom. The molecule has 2 aliphatic rings. The molecule has 3 atom stereocenters. The molecule has 0 bridgehead atoms. The lowest BCUT2D eigenvalue weighted by atomic mass is 9.75. The number of carbonyl (C=O) groups excluding carboxylic acids is 1. The summed E-state index contributed by atoms with van der Waals surface area (Å²) in [5.41, 5.74) is 3.12. The number of aromatic nitrogens is 3. The van der Waals surface area contributed by atoms with E-state index in [0.717, 1.165) is 24.3 Å². The molecule has 0 radical (unpaired) electrons. The van der Waals surface area contributed by atoms with Gasteiger partial charge in [0.1, 0.15) is 12.7 Å². The fourth-order valence-corrected chi connectivity index (χ4v) is 6.33. The van der Waals surface area contributed by atoms with E-state index in [9.17, 15) is 17.8 Å².